The van der Waals surface area contributed by atoms with E-state index in [4.69, 9.17) is 0 Å². The molecule has 2 aromatic carbocycles. The van der Waals surface area contributed by atoms with Crippen LogP contribution in [0.25, 0.3) is 23.1 Å². The summed E-state index contributed by atoms with van der Waals surface area (Å²) in [5.74, 6) is 0.266. The molecule has 2 nitrogen and oxygen atoms in total. The summed E-state index contributed by atoms with van der Waals surface area (Å²) >= 11 is 3.41. The number of hydrogen-bond acceptors (Lipinski definition) is 2. The lowest BCUT2D eigenvalue weighted by atomic mass is 10.1. The van der Waals surface area contributed by atoms with Gasteiger partial charge in [0.15, 0.2) is 0 Å². The monoisotopic (exact) mass is 325 g/mol. The Morgan fingerprint density at radius 1 is 0.950 bits per heavy atom. The van der Waals surface area contributed by atoms with Crippen molar-refractivity contribution >= 4 is 39.0 Å². The van der Waals surface area contributed by atoms with Crippen LogP contribution in [0, 0.1) is 0 Å². The summed E-state index contributed by atoms with van der Waals surface area (Å²) < 4.78 is 0.939. The fourth-order valence-electron chi connectivity index (χ4n) is 2.10. The van der Waals surface area contributed by atoms with Crippen molar-refractivity contribution in [2.24, 2.45) is 0 Å². The molecule has 0 amide bonds. The number of rotatable bonds is 2. The van der Waals surface area contributed by atoms with Gasteiger partial charge in [0.2, 0.25) is 0 Å². The van der Waals surface area contributed by atoms with Gasteiger partial charge >= 0.3 is 0 Å². The lowest BCUT2D eigenvalue weighted by Gasteiger charge is -2.02. The van der Waals surface area contributed by atoms with Crippen LogP contribution < -0.4 is 0 Å². The molecule has 1 N–H and O–H groups in total. The number of halogens is 1. The van der Waals surface area contributed by atoms with E-state index in [2.05, 4.69) is 20.9 Å². The molecule has 0 aliphatic carbocycles. The quantitative estimate of drug-likeness (QED) is 0.728. The highest BCUT2D eigenvalue weighted by Crippen LogP contribution is 2.25. The van der Waals surface area contributed by atoms with E-state index in [1.54, 1.807) is 12.3 Å². The molecule has 3 aromatic rings. The predicted octanol–water partition coefficient (Wildman–Crippen LogP) is 4.87. The van der Waals surface area contributed by atoms with Crippen molar-refractivity contribution < 1.29 is 5.11 Å². The summed E-state index contributed by atoms with van der Waals surface area (Å²) in [6, 6.07) is 15.3. The normalized spacial score (nSPS) is 11.2. The number of pyridine rings is 1. The van der Waals surface area contributed by atoms with E-state index in [0.29, 0.717) is 0 Å². The van der Waals surface area contributed by atoms with Gasteiger partial charge in [0.25, 0.3) is 0 Å². The Kier molecular flexibility index (Phi) is 3.52. The number of fused-ring (bicyclic) bond motifs is 1. The maximum atomic E-state index is 9.84. The van der Waals surface area contributed by atoms with Crippen LogP contribution >= 0.6 is 15.9 Å². The average molecular weight is 326 g/mol. The summed E-state index contributed by atoms with van der Waals surface area (Å²) in [6.07, 6.45) is 5.69. The largest absolute Gasteiger partial charge is 0.507 e. The minimum atomic E-state index is 0.266. The summed E-state index contributed by atoms with van der Waals surface area (Å²) in [5, 5.41) is 10.9. The molecule has 0 bridgehead atoms. The topological polar surface area (TPSA) is 33.1 Å². The molecule has 0 atom stereocenters. The number of aromatic nitrogens is 1. The third-order valence-electron chi connectivity index (χ3n) is 3.11. The van der Waals surface area contributed by atoms with E-state index in [0.717, 1.165) is 26.5 Å². The van der Waals surface area contributed by atoms with Crippen molar-refractivity contribution in [2.45, 2.75) is 0 Å². The Bertz CT molecular complexity index is 791. The third kappa shape index (κ3) is 2.58. The Hall–Kier alpha value is -2.13. The van der Waals surface area contributed by atoms with Gasteiger partial charge in [-0.2, -0.15) is 0 Å². The van der Waals surface area contributed by atoms with Crippen LogP contribution in [-0.2, 0) is 0 Å². The summed E-state index contributed by atoms with van der Waals surface area (Å²) in [6.45, 7) is 0. The number of phenolic OH excluding ortho intramolecular Hbond substituents is 1. The van der Waals surface area contributed by atoms with Gasteiger partial charge in [-0.15, -0.1) is 0 Å². The zero-order valence-corrected chi connectivity index (χ0v) is 12.2. The second-order valence-electron chi connectivity index (χ2n) is 4.45. The van der Waals surface area contributed by atoms with Crippen molar-refractivity contribution in [2.75, 3.05) is 0 Å². The zero-order chi connectivity index (χ0) is 13.9. The Labute approximate surface area is 125 Å². The third-order valence-corrected chi connectivity index (χ3v) is 3.61. The van der Waals surface area contributed by atoms with Crippen LogP contribution in [0.2, 0.25) is 0 Å². The summed E-state index contributed by atoms with van der Waals surface area (Å²) in [4.78, 5) is 4.34. The van der Waals surface area contributed by atoms with Crippen LogP contribution in [0.5, 0.6) is 5.75 Å². The molecule has 0 spiro atoms. The van der Waals surface area contributed by atoms with Crippen LogP contribution in [-0.4, -0.2) is 10.1 Å². The Morgan fingerprint density at radius 2 is 1.75 bits per heavy atom. The van der Waals surface area contributed by atoms with Gasteiger partial charge in [0, 0.05) is 21.6 Å². The fraction of sp³-hybridized carbons (Fsp3) is 0. The minimum Gasteiger partial charge on any atom is -0.507 e. The molecule has 3 heteroatoms. The van der Waals surface area contributed by atoms with Crippen molar-refractivity contribution in [3.8, 4) is 5.75 Å². The SMILES string of the molecule is Oc1ccc(Br)cc1/C=C/c1ccnc2ccccc12. The highest BCUT2D eigenvalue weighted by Gasteiger charge is 2.00. The van der Waals surface area contributed by atoms with Crippen LogP contribution in [0.3, 0.4) is 0 Å². The Morgan fingerprint density at radius 3 is 2.65 bits per heavy atom. The lowest BCUT2D eigenvalue weighted by Crippen LogP contribution is -1.82. The number of hydrogen-bond donors (Lipinski definition) is 1. The molecular weight excluding hydrogens is 314 g/mol. The van der Waals surface area contributed by atoms with Crippen LogP contribution in [0.15, 0.2) is 59.2 Å². The molecule has 1 heterocycles. The maximum absolute atomic E-state index is 9.84. The smallest absolute Gasteiger partial charge is 0.122 e. The first kappa shape index (κ1) is 12.9. The number of benzene rings is 2. The molecule has 0 aliphatic rings. The Balaban J connectivity index is 2.05. The number of nitrogens with zero attached hydrogens (tertiary/aromatic N) is 1. The second kappa shape index (κ2) is 5.47. The molecule has 3 rings (SSSR count). The second-order valence-corrected chi connectivity index (χ2v) is 5.37. The highest BCUT2D eigenvalue weighted by molar-refractivity contribution is 9.10. The molecule has 1 aromatic heterocycles. The number of para-hydroxylation sites is 1. The van der Waals surface area contributed by atoms with E-state index in [1.807, 2.05) is 54.6 Å². The molecular formula is C17H12BrNO. The molecule has 0 radical (unpaired) electrons. The zero-order valence-electron chi connectivity index (χ0n) is 10.6. The minimum absolute atomic E-state index is 0.266. The van der Waals surface area contributed by atoms with Crippen molar-refractivity contribution in [1.82, 2.24) is 4.98 Å². The average Bonchev–Trinajstić information content (AvgIpc) is 2.48. The van der Waals surface area contributed by atoms with Crippen molar-refractivity contribution in [3.05, 3.63) is 70.3 Å². The van der Waals surface area contributed by atoms with Crippen molar-refractivity contribution in [3.63, 3.8) is 0 Å². The van der Waals surface area contributed by atoms with Gasteiger partial charge in [-0.3, -0.25) is 4.98 Å². The summed E-state index contributed by atoms with van der Waals surface area (Å²) in [5.41, 5.74) is 2.82. The van der Waals surface area contributed by atoms with E-state index < -0.39 is 0 Å². The maximum Gasteiger partial charge on any atom is 0.122 e. The van der Waals surface area contributed by atoms with Crippen LogP contribution in [0.4, 0.5) is 0 Å². The standard InChI is InChI=1S/C17H12BrNO/c18-14-7-8-17(20)13(11-14)6-5-12-9-10-19-16-4-2-1-3-15(12)16/h1-11,20H/b6-5+. The molecule has 0 fully saturated rings. The fourth-order valence-corrected chi connectivity index (χ4v) is 2.48. The van der Waals surface area contributed by atoms with Gasteiger partial charge in [-0.1, -0.05) is 46.3 Å². The van der Waals surface area contributed by atoms with Gasteiger partial charge in [-0.05, 0) is 35.9 Å². The van der Waals surface area contributed by atoms with Crippen LogP contribution in [0.1, 0.15) is 11.1 Å². The first-order chi connectivity index (χ1) is 9.74. The van der Waals surface area contributed by atoms with E-state index in [1.165, 1.54) is 0 Å². The van der Waals surface area contributed by atoms with E-state index in [-0.39, 0.29) is 5.75 Å². The molecule has 0 aliphatic heterocycles. The van der Waals surface area contributed by atoms with E-state index >= 15 is 0 Å². The van der Waals surface area contributed by atoms with Gasteiger partial charge in [0.1, 0.15) is 5.75 Å². The first-order valence-electron chi connectivity index (χ1n) is 6.24. The molecule has 20 heavy (non-hydrogen) atoms. The molecule has 0 saturated carbocycles. The lowest BCUT2D eigenvalue weighted by molar-refractivity contribution is 0.474. The molecule has 0 saturated heterocycles. The van der Waals surface area contributed by atoms with Crippen molar-refractivity contribution in [1.29, 1.82) is 0 Å². The summed E-state index contributed by atoms with van der Waals surface area (Å²) in [7, 11) is 0. The van der Waals surface area contributed by atoms with Gasteiger partial charge in [0.05, 0.1) is 5.52 Å². The van der Waals surface area contributed by atoms with Gasteiger partial charge in [-0.25, -0.2) is 0 Å². The number of phenols is 1. The van der Waals surface area contributed by atoms with E-state index in [9.17, 15) is 5.11 Å². The van der Waals surface area contributed by atoms with Gasteiger partial charge < -0.3 is 5.11 Å². The molecule has 98 valence electrons. The predicted molar refractivity (Wildman–Crippen MR) is 86.5 cm³/mol. The molecule has 0 unspecified atom stereocenters. The first-order valence-corrected chi connectivity index (χ1v) is 7.04. The number of aromatic hydroxyl groups is 1. The highest BCUT2D eigenvalue weighted by atomic mass is 79.9.